The van der Waals surface area contributed by atoms with Crippen LogP contribution in [0.15, 0.2) is 30.4 Å². The molecule has 4 amide bonds. The van der Waals surface area contributed by atoms with Crippen molar-refractivity contribution in [2.45, 2.75) is 127 Å². The first-order chi connectivity index (χ1) is 26.9. The Labute approximate surface area is 335 Å². The van der Waals surface area contributed by atoms with Crippen molar-refractivity contribution in [3.8, 4) is 11.6 Å². The second kappa shape index (κ2) is 15.5. The lowest BCUT2D eigenvalue weighted by Gasteiger charge is -2.33. The van der Waals surface area contributed by atoms with Crippen LogP contribution in [0.25, 0.3) is 11.0 Å². The third-order valence-corrected chi connectivity index (χ3v) is 13.5. The molecule has 2 aliphatic carbocycles. The van der Waals surface area contributed by atoms with E-state index in [0.29, 0.717) is 37.9 Å². The van der Waals surface area contributed by atoms with Gasteiger partial charge < -0.3 is 29.7 Å². The van der Waals surface area contributed by atoms with Crippen molar-refractivity contribution >= 4 is 44.9 Å². The molecule has 3 fully saturated rings. The number of ether oxygens (including phenoxy) is 3. The molecule has 2 aromatic rings. The molecular weight excluding hydrogens is 786 g/mol. The number of aromatic nitrogens is 2. The van der Waals surface area contributed by atoms with Gasteiger partial charge in [0.15, 0.2) is 0 Å². The Morgan fingerprint density at radius 2 is 1.76 bits per heavy atom. The number of allylic oxidation sites excluding steroid dienone is 1. The van der Waals surface area contributed by atoms with E-state index < -0.39 is 104 Å². The Kier molecular flexibility index (Phi) is 11.5. The number of halogens is 3. The first kappa shape index (κ1) is 42.9. The topological polar surface area (TPSA) is 195 Å². The quantitative estimate of drug-likeness (QED) is 0.325. The number of benzene rings is 1. The number of fused-ring (bicyclic) bond motifs is 3. The minimum Gasteiger partial charge on any atom is -0.497 e. The van der Waals surface area contributed by atoms with E-state index in [1.54, 1.807) is 33.8 Å². The summed E-state index contributed by atoms with van der Waals surface area (Å²) in [7, 11) is -2.73. The second-order valence-electron chi connectivity index (χ2n) is 17.3. The van der Waals surface area contributed by atoms with Gasteiger partial charge in [0.2, 0.25) is 33.4 Å². The number of alkyl halides is 3. The van der Waals surface area contributed by atoms with Crippen molar-refractivity contribution in [3.05, 3.63) is 36.0 Å². The van der Waals surface area contributed by atoms with Gasteiger partial charge >= 0.3 is 12.3 Å². The van der Waals surface area contributed by atoms with Crippen LogP contribution < -0.4 is 24.8 Å². The van der Waals surface area contributed by atoms with Crippen molar-refractivity contribution in [2.24, 2.45) is 17.8 Å². The van der Waals surface area contributed by atoms with Gasteiger partial charge in [0.25, 0.3) is 5.91 Å². The van der Waals surface area contributed by atoms with Crippen LogP contribution in [0.2, 0.25) is 0 Å². The van der Waals surface area contributed by atoms with E-state index in [1.165, 1.54) is 32.2 Å². The summed E-state index contributed by atoms with van der Waals surface area (Å²) >= 11 is 0. The molecule has 1 aromatic carbocycles. The summed E-state index contributed by atoms with van der Waals surface area (Å²) in [6, 6.07) is 1.45. The highest BCUT2D eigenvalue weighted by atomic mass is 32.2. The molecule has 0 radical (unpaired) electrons. The van der Waals surface area contributed by atoms with E-state index in [0.717, 1.165) is 4.90 Å². The molecule has 1 aromatic heterocycles. The average Bonchev–Trinajstić information content (AvgIpc) is 4.00. The molecule has 1 saturated heterocycles. The van der Waals surface area contributed by atoms with Crippen LogP contribution >= 0.6 is 0 Å². The van der Waals surface area contributed by atoms with Gasteiger partial charge in [-0.05, 0) is 90.2 Å². The summed E-state index contributed by atoms with van der Waals surface area (Å²) in [5, 5.41) is 5.41. The van der Waals surface area contributed by atoms with E-state index in [1.807, 2.05) is 13.0 Å². The fourth-order valence-electron chi connectivity index (χ4n) is 7.60. The maximum Gasteiger partial charge on any atom is 0.438 e. The second-order valence-corrected chi connectivity index (χ2v) is 19.5. The minimum absolute atomic E-state index is 0.0318. The fourth-order valence-corrected chi connectivity index (χ4v) is 8.91. The Balaban J connectivity index is 1.38. The zero-order valence-corrected chi connectivity index (χ0v) is 34.4. The summed E-state index contributed by atoms with van der Waals surface area (Å²) in [4.78, 5) is 65.3. The fraction of sp³-hybridized carbons (Fsp3) is 0.641. The van der Waals surface area contributed by atoms with Crippen molar-refractivity contribution in [3.63, 3.8) is 0 Å². The van der Waals surface area contributed by atoms with Crippen LogP contribution in [-0.2, 0) is 35.3 Å². The van der Waals surface area contributed by atoms with Crippen molar-refractivity contribution in [1.82, 2.24) is 30.2 Å². The lowest BCUT2D eigenvalue weighted by Crippen LogP contribution is -2.59. The monoisotopic (exact) mass is 836 g/mol. The molecule has 3 heterocycles. The number of methoxy groups -OCH3 is 1. The normalized spacial score (nSPS) is 28.9. The van der Waals surface area contributed by atoms with Gasteiger partial charge in [-0.1, -0.05) is 26.0 Å². The highest BCUT2D eigenvalue weighted by Gasteiger charge is 2.63. The molecule has 2 aliphatic heterocycles. The summed E-state index contributed by atoms with van der Waals surface area (Å²) in [5.41, 5.74) is -4.09. The number of nitrogens with one attached hydrogen (secondary N) is 3. The molecule has 4 aliphatic rings. The van der Waals surface area contributed by atoms with Gasteiger partial charge in [0.05, 0.1) is 29.4 Å². The summed E-state index contributed by atoms with van der Waals surface area (Å²) in [6.07, 6.45) is -1.38. The number of alkyl carbamates (subject to hydrolysis) is 1. The summed E-state index contributed by atoms with van der Waals surface area (Å²) in [6.45, 7) is 9.82. The summed E-state index contributed by atoms with van der Waals surface area (Å²) < 4.78 is 87.3. The highest BCUT2D eigenvalue weighted by molar-refractivity contribution is 7.91. The molecule has 3 N–H and O–H groups in total. The zero-order valence-electron chi connectivity index (χ0n) is 33.6. The molecule has 58 heavy (non-hydrogen) atoms. The predicted octanol–water partition coefficient (Wildman–Crippen LogP) is 4.78. The van der Waals surface area contributed by atoms with Crippen molar-refractivity contribution in [1.29, 1.82) is 0 Å². The number of hydrogen-bond donors (Lipinski definition) is 3. The van der Waals surface area contributed by atoms with E-state index in [4.69, 9.17) is 14.2 Å². The molecule has 7 atom stereocenters. The lowest BCUT2D eigenvalue weighted by molar-refractivity contribution is -0.143. The SMILES string of the molecule is COc1ccc2nc(C(F)(F)F)c(O[C@@H]3C[C@H]4C(=O)N[C@]5(C(=O)NS(=O)(=O)C6(C)CC6)C[C@H]5C=CCC[C@@H](C)C[C@@H](C)[C@H](NC(=O)OC(C)(C)C)C(=O)N4C3)nc2c1. The minimum atomic E-state index is -5.01. The maximum absolute atomic E-state index is 14.7. The molecular formula is C39H51F3N6O9S. The van der Waals surface area contributed by atoms with Gasteiger partial charge in [0.1, 0.15) is 35.1 Å². The Bertz CT molecular complexity index is 2110. The number of rotatable bonds is 7. The van der Waals surface area contributed by atoms with Crippen LogP contribution in [0.1, 0.15) is 92.2 Å². The largest absolute Gasteiger partial charge is 0.497 e. The molecule has 2 saturated carbocycles. The Hall–Kier alpha value is -4.68. The van der Waals surface area contributed by atoms with Gasteiger partial charge in [0, 0.05) is 18.4 Å². The Morgan fingerprint density at radius 1 is 1.05 bits per heavy atom. The molecule has 15 nitrogen and oxygen atoms in total. The number of nitrogens with zero attached hydrogens (tertiary/aromatic N) is 3. The number of sulfonamides is 1. The van der Waals surface area contributed by atoms with Crippen LogP contribution in [-0.4, -0.2) is 94.8 Å². The number of hydrogen-bond acceptors (Lipinski definition) is 11. The van der Waals surface area contributed by atoms with Gasteiger partial charge in [-0.3, -0.25) is 19.1 Å². The van der Waals surface area contributed by atoms with Crippen LogP contribution in [0.3, 0.4) is 0 Å². The van der Waals surface area contributed by atoms with Crippen molar-refractivity contribution < 1.29 is 55.0 Å². The van der Waals surface area contributed by atoms with Gasteiger partial charge in [-0.25, -0.2) is 23.2 Å². The third kappa shape index (κ3) is 9.13. The lowest BCUT2D eigenvalue weighted by atomic mass is 9.88. The average molecular weight is 837 g/mol. The van der Waals surface area contributed by atoms with Crippen LogP contribution in [0.5, 0.6) is 11.6 Å². The van der Waals surface area contributed by atoms with E-state index in [2.05, 4.69) is 25.3 Å². The molecule has 318 valence electrons. The van der Waals surface area contributed by atoms with Crippen molar-refractivity contribution in [2.75, 3.05) is 13.7 Å². The first-order valence-electron chi connectivity index (χ1n) is 19.4. The van der Waals surface area contributed by atoms with E-state index >= 15 is 0 Å². The van der Waals surface area contributed by atoms with Crippen LogP contribution in [0.4, 0.5) is 18.0 Å². The zero-order chi connectivity index (χ0) is 42.6. The molecule has 0 bridgehead atoms. The summed E-state index contributed by atoms with van der Waals surface area (Å²) in [5.74, 6) is -4.17. The predicted molar refractivity (Wildman–Crippen MR) is 204 cm³/mol. The first-order valence-corrected chi connectivity index (χ1v) is 20.9. The standard InChI is InChI=1S/C39H51F3N6O9S/c1-21-10-8-9-11-23-19-38(23,34(51)47-58(53,54)37(6)14-15-37)46-31(49)28-18-25(20-48(28)33(50)29(22(2)16-21)45-35(52)57-36(3,4)5)56-32-30(39(40,41)42)43-26-13-12-24(55-7)17-27(26)44-32/h9,11-13,17,21-23,25,28-29H,8,10,14-16,18-20H2,1-7H3,(H,45,52)(H,46,49)(H,47,51)/t21-,22-,23-,25-,28+,29+,38-/m1/s1. The highest BCUT2D eigenvalue weighted by Crippen LogP contribution is 2.48. The van der Waals surface area contributed by atoms with E-state index in [9.17, 15) is 40.8 Å². The third-order valence-electron chi connectivity index (χ3n) is 11.3. The van der Waals surface area contributed by atoms with Gasteiger partial charge in [-0.2, -0.15) is 13.2 Å². The van der Waals surface area contributed by atoms with Crippen LogP contribution in [0, 0.1) is 17.8 Å². The number of amides is 4. The van der Waals surface area contributed by atoms with E-state index in [-0.39, 0.29) is 29.8 Å². The molecule has 0 spiro atoms. The molecule has 0 unspecified atom stereocenters. The molecule has 6 rings (SSSR count). The Morgan fingerprint density at radius 3 is 2.40 bits per heavy atom. The van der Waals surface area contributed by atoms with Gasteiger partial charge in [-0.15, -0.1) is 0 Å². The smallest absolute Gasteiger partial charge is 0.438 e. The maximum atomic E-state index is 14.7. The number of carbonyl (C=O) groups excluding carboxylic acids is 4. The number of carbonyl (C=O) groups is 4. The molecule has 19 heteroatoms.